The molecule has 1 nitrogen and oxygen atoms in total. The SMILES string of the molecule is FC(F)(F)CSc1ccccc1NC1CC2CCC1C2. The number of halogens is 3. The van der Waals surface area contributed by atoms with Crippen molar-refractivity contribution in [3.05, 3.63) is 24.3 Å². The lowest BCUT2D eigenvalue weighted by molar-refractivity contribution is -0.105. The zero-order valence-electron chi connectivity index (χ0n) is 11.1. The van der Waals surface area contributed by atoms with Gasteiger partial charge in [0.05, 0.1) is 5.75 Å². The normalized spacial score (nSPS) is 28.9. The molecule has 0 amide bonds. The molecule has 0 saturated heterocycles. The molecule has 0 aromatic heterocycles. The number of anilines is 1. The highest BCUT2D eigenvalue weighted by Crippen LogP contribution is 2.46. The molecule has 0 heterocycles. The molecule has 1 aromatic rings. The van der Waals surface area contributed by atoms with Crippen LogP contribution in [0.15, 0.2) is 29.2 Å². The minimum absolute atomic E-state index is 0.446. The summed E-state index contributed by atoms with van der Waals surface area (Å²) in [5.41, 5.74) is 0.860. The van der Waals surface area contributed by atoms with Gasteiger partial charge in [0.25, 0.3) is 0 Å². The van der Waals surface area contributed by atoms with Gasteiger partial charge in [-0.2, -0.15) is 13.2 Å². The molecule has 2 aliphatic rings. The Morgan fingerprint density at radius 2 is 1.95 bits per heavy atom. The Balaban J connectivity index is 1.67. The van der Waals surface area contributed by atoms with E-state index in [1.165, 1.54) is 25.7 Å². The van der Waals surface area contributed by atoms with Crippen LogP contribution in [0.1, 0.15) is 25.7 Å². The number of thioether (sulfide) groups is 1. The average Bonchev–Trinajstić information content (AvgIpc) is 2.99. The van der Waals surface area contributed by atoms with Crippen LogP contribution in [-0.2, 0) is 0 Å². The Hall–Kier alpha value is -0.840. The zero-order chi connectivity index (χ0) is 14.2. The average molecular weight is 301 g/mol. The molecule has 0 spiro atoms. The van der Waals surface area contributed by atoms with Crippen molar-refractivity contribution < 1.29 is 13.2 Å². The Bertz CT molecular complexity index is 474. The summed E-state index contributed by atoms with van der Waals surface area (Å²) in [7, 11) is 0. The Morgan fingerprint density at radius 3 is 2.60 bits per heavy atom. The monoisotopic (exact) mass is 301 g/mol. The van der Waals surface area contributed by atoms with Crippen LogP contribution in [0, 0.1) is 11.8 Å². The van der Waals surface area contributed by atoms with Crippen LogP contribution in [-0.4, -0.2) is 18.0 Å². The van der Waals surface area contributed by atoms with Gasteiger partial charge in [-0.25, -0.2) is 0 Å². The van der Waals surface area contributed by atoms with E-state index in [0.717, 1.165) is 23.4 Å². The van der Waals surface area contributed by atoms with Gasteiger partial charge in [-0.15, -0.1) is 11.8 Å². The molecule has 0 radical (unpaired) electrons. The number of para-hydroxylation sites is 1. The first kappa shape index (κ1) is 14.1. The highest BCUT2D eigenvalue weighted by molar-refractivity contribution is 7.99. The first-order chi connectivity index (χ1) is 9.51. The molecule has 3 rings (SSSR count). The van der Waals surface area contributed by atoms with Gasteiger partial charge in [0.2, 0.25) is 0 Å². The molecule has 3 unspecified atom stereocenters. The summed E-state index contributed by atoms with van der Waals surface area (Å²) in [6.07, 6.45) is 0.927. The predicted octanol–water partition coefficient (Wildman–Crippen LogP) is 4.94. The Kier molecular flexibility index (Phi) is 3.89. The molecule has 3 atom stereocenters. The van der Waals surface area contributed by atoms with Gasteiger partial charge >= 0.3 is 6.18 Å². The third kappa shape index (κ3) is 3.25. The maximum absolute atomic E-state index is 12.4. The lowest BCUT2D eigenvalue weighted by Crippen LogP contribution is -2.26. The molecular formula is C15H18F3NS. The molecule has 2 saturated carbocycles. The Morgan fingerprint density at radius 1 is 1.15 bits per heavy atom. The summed E-state index contributed by atoms with van der Waals surface area (Å²) >= 11 is 0.870. The molecule has 1 N–H and O–H groups in total. The van der Waals surface area contributed by atoms with E-state index in [4.69, 9.17) is 0 Å². The molecule has 110 valence electrons. The van der Waals surface area contributed by atoms with Crippen molar-refractivity contribution in [2.75, 3.05) is 11.1 Å². The van der Waals surface area contributed by atoms with Crippen LogP contribution in [0.5, 0.6) is 0 Å². The number of benzene rings is 1. The van der Waals surface area contributed by atoms with Crippen molar-refractivity contribution in [3.63, 3.8) is 0 Å². The van der Waals surface area contributed by atoms with E-state index in [-0.39, 0.29) is 0 Å². The van der Waals surface area contributed by atoms with Crippen molar-refractivity contribution in [1.82, 2.24) is 0 Å². The van der Waals surface area contributed by atoms with Gasteiger partial charge in [-0.1, -0.05) is 18.6 Å². The summed E-state index contributed by atoms with van der Waals surface area (Å²) in [6, 6.07) is 7.79. The summed E-state index contributed by atoms with van der Waals surface area (Å²) in [4.78, 5) is 0.701. The largest absolute Gasteiger partial charge is 0.398 e. The second-order valence-electron chi connectivity index (χ2n) is 5.83. The standard InChI is InChI=1S/C15H18F3NS/c16-15(17,18)9-20-14-4-2-1-3-12(14)19-13-8-10-5-6-11(13)7-10/h1-4,10-11,13,19H,5-9H2. The van der Waals surface area contributed by atoms with Crippen LogP contribution in [0.2, 0.25) is 0 Å². The summed E-state index contributed by atoms with van der Waals surface area (Å²) < 4.78 is 37.1. The summed E-state index contributed by atoms with van der Waals surface area (Å²) in [6.45, 7) is 0. The van der Waals surface area contributed by atoms with E-state index in [9.17, 15) is 13.2 Å². The molecule has 1 aromatic carbocycles. The van der Waals surface area contributed by atoms with E-state index < -0.39 is 11.9 Å². The van der Waals surface area contributed by atoms with Crippen molar-refractivity contribution in [3.8, 4) is 0 Å². The molecule has 2 bridgehead atoms. The number of alkyl halides is 3. The Labute approximate surface area is 121 Å². The van der Waals surface area contributed by atoms with Crippen LogP contribution >= 0.6 is 11.8 Å². The van der Waals surface area contributed by atoms with E-state index in [1.54, 1.807) is 12.1 Å². The number of hydrogen-bond acceptors (Lipinski definition) is 2. The van der Waals surface area contributed by atoms with Gasteiger partial charge in [0, 0.05) is 16.6 Å². The van der Waals surface area contributed by atoms with Crippen molar-refractivity contribution >= 4 is 17.4 Å². The lowest BCUT2D eigenvalue weighted by Gasteiger charge is -2.25. The fourth-order valence-corrected chi connectivity index (χ4v) is 4.27. The molecule has 2 fully saturated rings. The second kappa shape index (κ2) is 5.51. The summed E-state index contributed by atoms with van der Waals surface area (Å²) in [5.74, 6) is 0.704. The van der Waals surface area contributed by atoms with Gasteiger partial charge in [-0.3, -0.25) is 0 Å². The van der Waals surface area contributed by atoms with Gasteiger partial charge in [0.15, 0.2) is 0 Å². The molecule has 5 heteroatoms. The van der Waals surface area contributed by atoms with Crippen LogP contribution < -0.4 is 5.32 Å². The lowest BCUT2D eigenvalue weighted by atomic mass is 9.95. The maximum Gasteiger partial charge on any atom is 0.398 e. The van der Waals surface area contributed by atoms with Crippen molar-refractivity contribution in [2.24, 2.45) is 11.8 Å². The van der Waals surface area contributed by atoms with Crippen LogP contribution in [0.3, 0.4) is 0 Å². The first-order valence-electron chi connectivity index (χ1n) is 7.06. The van der Waals surface area contributed by atoms with E-state index in [0.29, 0.717) is 16.9 Å². The summed E-state index contributed by atoms with van der Waals surface area (Å²) in [5, 5.41) is 3.49. The van der Waals surface area contributed by atoms with E-state index in [2.05, 4.69) is 5.32 Å². The number of fused-ring (bicyclic) bond motifs is 2. The predicted molar refractivity (Wildman–Crippen MR) is 76.1 cm³/mol. The molecule has 0 aliphatic heterocycles. The zero-order valence-corrected chi connectivity index (χ0v) is 11.9. The smallest absolute Gasteiger partial charge is 0.381 e. The third-order valence-corrected chi connectivity index (χ3v) is 5.50. The van der Waals surface area contributed by atoms with E-state index in [1.807, 2.05) is 12.1 Å². The van der Waals surface area contributed by atoms with Crippen LogP contribution in [0.25, 0.3) is 0 Å². The quantitative estimate of drug-likeness (QED) is 0.790. The second-order valence-corrected chi connectivity index (χ2v) is 6.84. The third-order valence-electron chi connectivity index (χ3n) is 4.36. The fraction of sp³-hybridized carbons (Fsp3) is 0.600. The number of hydrogen-bond donors (Lipinski definition) is 1. The van der Waals surface area contributed by atoms with Gasteiger partial charge in [-0.05, 0) is 43.2 Å². The topological polar surface area (TPSA) is 12.0 Å². The van der Waals surface area contributed by atoms with Crippen molar-refractivity contribution in [1.29, 1.82) is 0 Å². The highest BCUT2D eigenvalue weighted by Gasteiger charge is 2.39. The number of nitrogens with one attached hydrogen (secondary N) is 1. The maximum atomic E-state index is 12.4. The first-order valence-corrected chi connectivity index (χ1v) is 8.05. The van der Waals surface area contributed by atoms with E-state index >= 15 is 0 Å². The van der Waals surface area contributed by atoms with Crippen molar-refractivity contribution in [2.45, 2.75) is 42.8 Å². The van der Waals surface area contributed by atoms with Gasteiger partial charge in [0.1, 0.15) is 0 Å². The number of rotatable bonds is 4. The molecule has 20 heavy (non-hydrogen) atoms. The minimum Gasteiger partial charge on any atom is -0.381 e. The van der Waals surface area contributed by atoms with Gasteiger partial charge < -0.3 is 5.32 Å². The molecular weight excluding hydrogens is 283 g/mol. The highest BCUT2D eigenvalue weighted by atomic mass is 32.2. The van der Waals surface area contributed by atoms with Crippen LogP contribution in [0.4, 0.5) is 18.9 Å². The fourth-order valence-electron chi connectivity index (χ4n) is 3.49. The molecule has 2 aliphatic carbocycles. The minimum atomic E-state index is -4.12.